The standard InChI is InChI=1S/C13H19BrN2OS/c14-11-6-8-18-12(11)9-16-13(17)5-4-10-3-1-2-7-15-10/h6,8,10,15H,1-5,7,9H2,(H,16,17). The SMILES string of the molecule is O=C(CCC1CCCCN1)NCc1sccc1Br. The van der Waals surface area contributed by atoms with Crippen molar-refractivity contribution in [3.63, 3.8) is 0 Å². The minimum Gasteiger partial charge on any atom is -0.351 e. The summed E-state index contributed by atoms with van der Waals surface area (Å²) in [5, 5.41) is 8.47. The van der Waals surface area contributed by atoms with Crippen LogP contribution < -0.4 is 10.6 Å². The van der Waals surface area contributed by atoms with Crippen LogP contribution in [0.2, 0.25) is 0 Å². The lowest BCUT2D eigenvalue weighted by atomic mass is 10.0. The van der Waals surface area contributed by atoms with Crippen LogP contribution in [0.1, 0.15) is 37.0 Å². The molecule has 1 aliphatic heterocycles. The van der Waals surface area contributed by atoms with Crippen molar-refractivity contribution < 1.29 is 4.79 Å². The number of rotatable bonds is 5. The van der Waals surface area contributed by atoms with E-state index in [-0.39, 0.29) is 5.91 Å². The predicted octanol–water partition coefficient (Wildman–Crippen LogP) is 3.05. The molecule has 1 aromatic rings. The zero-order valence-corrected chi connectivity index (χ0v) is 12.8. The summed E-state index contributed by atoms with van der Waals surface area (Å²) in [6.07, 6.45) is 5.36. The Morgan fingerprint density at radius 1 is 1.56 bits per heavy atom. The number of carbonyl (C=O) groups excluding carboxylic acids is 1. The highest BCUT2D eigenvalue weighted by Crippen LogP contribution is 2.22. The molecule has 2 N–H and O–H groups in total. The van der Waals surface area contributed by atoms with Gasteiger partial charge in [-0.2, -0.15) is 0 Å². The smallest absolute Gasteiger partial charge is 0.220 e. The summed E-state index contributed by atoms with van der Waals surface area (Å²) in [6, 6.07) is 2.55. The van der Waals surface area contributed by atoms with E-state index in [1.807, 2.05) is 11.4 Å². The summed E-state index contributed by atoms with van der Waals surface area (Å²) in [4.78, 5) is 12.9. The van der Waals surface area contributed by atoms with Crippen molar-refractivity contribution in [1.82, 2.24) is 10.6 Å². The monoisotopic (exact) mass is 330 g/mol. The lowest BCUT2D eigenvalue weighted by Crippen LogP contribution is -2.35. The highest BCUT2D eigenvalue weighted by atomic mass is 79.9. The molecule has 18 heavy (non-hydrogen) atoms. The maximum Gasteiger partial charge on any atom is 0.220 e. The predicted molar refractivity (Wildman–Crippen MR) is 78.7 cm³/mol. The third-order valence-corrected chi connectivity index (χ3v) is 5.20. The Hall–Kier alpha value is -0.390. The van der Waals surface area contributed by atoms with Gasteiger partial charge < -0.3 is 10.6 Å². The number of piperidine rings is 1. The van der Waals surface area contributed by atoms with E-state index in [9.17, 15) is 4.79 Å². The Morgan fingerprint density at radius 3 is 3.11 bits per heavy atom. The van der Waals surface area contributed by atoms with Gasteiger partial charge in [0.15, 0.2) is 0 Å². The van der Waals surface area contributed by atoms with Crippen molar-refractivity contribution in [2.45, 2.75) is 44.7 Å². The van der Waals surface area contributed by atoms with E-state index < -0.39 is 0 Å². The van der Waals surface area contributed by atoms with Gasteiger partial charge in [-0.05, 0) is 53.2 Å². The fourth-order valence-electron chi connectivity index (χ4n) is 2.19. The van der Waals surface area contributed by atoms with Crippen LogP contribution in [0.15, 0.2) is 15.9 Å². The zero-order chi connectivity index (χ0) is 12.8. The second-order valence-corrected chi connectivity index (χ2v) is 6.51. The molecule has 0 aromatic carbocycles. The number of halogens is 1. The van der Waals surface area contributed by atoms with E-state index in [2.05, 4.69) is 26.6 Å². The number of hydrogen-bond donors (Lipinski definition) is 2. The molecule has 1 atom stereocenters. The molecular formula is C13H19BrN2OS. The van der Waals surface area contributed by atoms with Crippen LogP contribution in [0.3, 0.4) is 0 Å². The van der Waals surface area contributed by atoms with Gasteiger partial charge in [0.1, 0.15) is 0 Å². The van der Waals surface area contributed by atoms with Gasteiger partial charge in [-0.25, -0.2) is 0 Å². The van der Waals surface area contributed by atoms with Gasteiger partial charge in [-0.15, -0.1) is 11.3 Å². The van der Waals surface area contributed by atoms with Crippen molar-refractivity contribution in [1.29, 1.82) is 0 Å². The van der Waals surface area contributed by atoms with Gasteiger partial charge >= 0.3 is 0 Å². The Labute approximate surface area is 120 Å². The summed E-state index contributed by atoms with van der Waals surface area (Å²) in [5.41, 5.74) is 0. The highest BCUT2D eigenvalue weighted by Gasteiger charge is 2.14. The van der Waals surface area contributed by atoms with Crippen molar-refractivity contribution in [3.8, 4) is 0 Å². The highest BCUT2D eigenvalue weighted by molar-refractivity contribution is 9.10. The van der Waals surface area contributed by atoms with E-state index in [4.69, 9.17) is 0 Å². The van der Waals surface area contributed by atoms with Gasteiger partial charge in [0.05, 0.1) is 6.54 Å². The molecule has 2 rings (SSSR count). The molecule has 100 valence electrons. The number of thiophene rings is 1. The van der Waals surface area contributed by atoms with Crippen molar-refractivity contribution in [2.24, 2.45) is 0 Å². The first kappa shape index (κ1) is 14.0. The summed E-state index contributed by atoms with van der Waals surface area (Å²) in [6.45, 7) is 1.74. The molecule has 1 unspecified atom stereocenters. The Balaban J connectivity index is 1.64. The first-order valence-electron chi connectivity index (χ1n) is 6.47. The second-order valence-electron chi connectivity index (χ2n) is 4.65. The Morgan fingerprint density at radius 2 is 2.44 bits per heavy atom. The summed E-state index contributed by atoms with van der Waals surface area (Å²) >= 11 is 5.13. The molecule has 1 amide bonds. The van der Waals surface area contributed by atoms with Gasteiger partial charge in [-0.3, -0.25) is 4.79 Å². The normalized spacial score (nSPS) is 19.7. The van der Waals surface area contributed by atoms with Gasteiger partial charge in [0, 0.05) is 21.8 Å². The lowest BCUT2D eigenvalue weighted by Gasteiger charge is -2.23. The molecule has 2 heterocycles. The van der Waals surface area contributed by atoms with Crippen LogP contribution in [-0.4, -0.2) is 18.5 Å². The number of nitrogens with one attached hydrogen (secondary N) is 2. The largest absolute Gasteiger partial charge is 0.351 e. The maximum absolute atomic E-state index is 11.7. The van der Waals surface area contributed by atoms with Crippen molar-refractivity contribution in [2.75, 3.05) is 6.54 Å². The van der Waals surface area contributed by atoms with E-state index in [0.29, 0.717) is 19.0 Å². The van der Waals surface area contributed by atoms with Crippen LogP contribution >= 0.6 is 27.3 Å². The summed E-state index contributed by atoms with van der Waals surface area (Å²) < 4.78 is 1.08. The lowest BCUT2D eigenvalue weighted by molar-refractivity contribution is -0.121. The average molecular weight is 331 g/mol. The fraction of sp³-hybridized carbons (Fsp3) is 0.615. The average Bonchev–Trinajstić information content (AvgIpc) is 2.81. The minimum absolute atomic E-state index is 0.155. The molecule has 0 saturated carbocycles. The van der Waals surface area contributed by atoms with E-state index in [0.717, 1.165) is 17.4 Å². The fourth-order valence-corrected chi connectivity index (χ4v) is 3.63. The van der Waals surface area contributed by atoms with Crippen molar-refractivity contribution >= 4 is 33.2 Å². The molecule has 0 bridgehead atoms. The molecule has 1 fully saturated rings. The molecule has 3 nitrogen and oxygen atoms in total. The van der Waals surface area contributed by atoms with Crippen LogP contribution in [-0.2, 0) is 11.3 Å². The summed E-state index contributed by atoms with van der Waals surface area (Å²) in [5.74, 6) is 0.155. The van der Waals surface area contributed by atoms with Crippen LogP contribution in [0.4, 0.5) is 0 Å². The number of amides is 1. The third-order valence-electron chi connectivity index (χ3n) is 3.27. The van der Waals surface area contributed by atoms with E-state index in [1.54, 1.807) is 11.3 Å². The first-order valence-corrected chi connectivity index (χ1v) is 8.15. The molecule has 1 aliphatic rings. The first-order chi connectivity index (χ1) is 8.75. The minimum atomic E-state index is 0.155. The molecule has 5 heteroatoms. The molecular weight excluding hydrogens is 312 g/mol. The van der Waals surface area contributed by atoms with E-state index >= 15 is 0 Å². The third kappa shape index (κ3) is 4.37. The molecule has 0 spiro atoms. The van der Waals surface area contributed by atoms with Crippen LogP contribution in [0, 0.1) is 0 Å². The number of carbonyl (C=O) groups is 1. The molecule has 0 radical (unpaired) electrons. The summed E-state index contributed by atoms with van der Waals surface area (Å²) in [7, 11) is 0. The van der Waals surface area contributed by atoms with Crippen LogP contribution in [0.25, 0.3) is 0 Å². The number of hydrogen-bond acceptors (Lipinski definition) is 3. The Kier molecular flexibility index (Phi) is 5.66. The Bertz CT molecular complexity index is 388. The quantitative estimate of drug-likeness (QED) is 0.871. The topological polar surface area (TPSA) is 41.1 Å². The van der Waals surface area contributed by atoms with E-state index in [1.165, 1.54) is 24.1 Å². The second kappa shape index (κ2) is 7.26. The molecule has 1 aromatic heterocycles. The van der Waals surface area contributed by atoms with Crippen LogP contribution in [0.5, 0.6) is 0 Å². The maximum atomic E-state index is 11.7. The zero-order valence-electron chi connectivity index (χ0n) is 10.4. The molecule has 0 aliphatic carbocycles. The molecule has 1 saturated heterocycles. The van der Waals surface area contributed by atoms with Gasteiger partial charge in [0.25, 0.3) is 0 Å². The van der Waals surface area contributed by atoms with Gasteiger partial charge in [0.2, 0.25) is 5.91 Å². The van der Waals surface area contributed by atoms with Crippen molar-refractivity contribution in [3.05, 3.63) is 20.8 Å². The van der Waals surface area contributed by atoms with Gasteiger partial charge in [-0.1, -0.05) is 6.42 Å².